The van der Waals surface area contributed by atoms with Crippen LogP contribution in [-0.2, 0) is 6.42 Å². The van der Waals surface area contributed by atoms with Crippen LogP contribution in [0.1, 0.15) is 12.5 Å². The van der Waals surface area contributed by atoms with Crippen LogP contribution in [-0.4, -0.2) is 17.5 Å². The summed E-state index contributed by atoms with van der Waals surface area (Å²) in [4.78, 5) is 4.38. The van der Waals surface area contributed by atoms with Crippen molar-refractivity contribution in [2.75, 3.05) is 12.2 Å². The number of anilines is 1. The van der Waals surface area contributed by atoms with Gasteiger partial charge in [-0.2, -0.15) is 5.10 Å². The zero-order valence-corrected chi connectivity index (χ0v) is 14.5. The number of aromatic nitrogens is 1. The first-order chi connectivity index (χ1) is 12.3. The average molecular weight is 351 g/mol. The molecule has 6 heteroatoms. The molecule has 0 saturated carbocycles. The smallest absolute Gasteiger partial charge is 0.231 e. The van der Waals surface area contributed by atoms with E-state index in [-0.39, 0.29) is 0 Å². The van der Waals surface area contributed by atoms with Crippen molar-refractivity contribution in [3.63, 3.8) is 0 Å². The molecule has 0 atom stereocenters. The van der Waals surface area contributed by atoms with Gasteiger partial charge < -0.3 is 9.47 Å². The van der Waals surface area contributed by atoms with Gasteiger partial charge in [0.25, 0.3) is 0 Å². The molecule has 0 amide bonds. The fourth-order valence-corrected chi connectivity index (χ4v) is 3.24. The van der Waals surface area contributed by atoms with Crippen molar-refractivity contribution in [3.05, 3.63) is 58.9 Å². The van der Waals surface area contributed by atoms with Crippen molar-refractivity contribution in [1.82, 2.24) is 4.98 Å². The van der Waals surface area contributed by atoms with Crippen LogP contribution in [0.5, 0.6) is 11.5 Å². The third-order valence-electron chi connectivity index (χ3n) is 3.90. The lowest BCUT2D eigenvalue weighted by atomic mass is 10.1. The number of nitrogens with zero attached hydrogens (tertiary/aromatic N) is 2. The van der Waals surface area contributed by atoms with E-state index in [2.05, 4.69) is 15.5 Å². The van der Waals surface area contributed by atoms with Gasteiger partial charge >= 0.3 is 0 Å². The maximum Gasteiger partial charge on any atom is 0.231 e. The Balaban J connectivity index is 1.49. The van der Waals surface area contributed by atoms with Gasteiger partial charge in [0.2, 0.25) is 6.79 Å². The number of fused-ring (bicyclic) bond motifs is 1. The summed E-state index contributed by atoms with van der Waals surface area (Å²) in [5.41, 5.74) is 10.1. The number of hydrazone groups is 1. The van der Waals surface area contributed by atoms with Crippen LogP contribution in [0, 0.1) is 0 Å². The number of ether oxygens (including phenoxy) is 2. The van der Waals surface area contributed by atoms with Gasteiger partial charge in [-0.15, -0.1) is 11.3 Å². The zero-order valence-electron chi connectivity index (χ0n) is 13.7. The molecule has 0 aliphatic carbocycles. The fourth-order valence-electron chi connectivity index (χ4n) is 2.69. The number of nitrogens with one attached hydrogen (secondary N) is 1. The van der Waals surface area contributed by atoms with E-state index in [9.17, 15) is 0 Å². The quantitative estimate of drug-likeness (QED) is 0.540. The molecule has 1 N–H and O–H groups in total. The Morgan fingerprint density at radius 2 is 2.08 bits per heavy atom. The number of rotatable bonds is 5. The molecule has 126 valence electrons. The van der Waals surface area contributed by atoms with E-state index >= 15 is 0 Å². The van der Waals surface area contributed by atoms with E-state index in [1.54, 1.807) is 11.3 Å². The van der Waals surface area contributed by atoms with Crippen molar-refractivity contribution < 1.29 is 9.47 Å². The molecule has 0 spiro atoms. The monoisotopic (exact) mass is 351 g/mol. The largest absolute Gasteiger partial charge is 0.454 e. The molecule has 0 fully saturated rings. The topological polar surface area (TPSA) is 55.7 Å². The van der Waals surface area contributed by atoms with E-state index < -0.39 is 0 Å². The Kier molecular flexibility index (Phi) is 4.35. The van der Waals surface area contributed by atoms with Crippen LogP contribution in [0.15, 0.2) is 58.5 Å². The molecule has 2 heterocycles. The van der Waals surface area contributed by atoms with Crippen molar-refractivity contribution in [3.8, 4) is 22.8 Å². The summed E-state index contributed by atoms with van der Waals surface area (Å²) in [5.74, 6) is 1.60. The first-order valence-electron chi connectivity index (χ1n) is 7.95. The molecule has 0 bridgehead atoms. The predicted octanol–water partition coefficient (Wildman–Crippen LogP) is 4.57. The van der Waals surface area contributed by atoms with E-state index in [0.29, 0.717) is 6.79 Å². The number of hydrogen-bond donors (Lipinski definition) is 1. The zero-order chi connectivity index (χ0) is 17.1. The van der Waals surface area contributed by atoms with Crippen LogP contribution in [0.25, 0.3) is 11.3 Å². The maximum atomic E-state index is 5.42. The highest BCUT2D eigenvalue weighted by molar-refractivity contribution is 7.07. The molecule has 3 aromatic rings. The lowest BCUT2D eigenvalue weighted by molar-refractivity contribution is 0.174. The minimum atomic E-state index is 0.292. The summed E-state index contributed by atoms with van der Waals surface area (Å²) < 4.78 is 10.8. The third kappa shape index (κ3) is 3.49. The minimum absolute atomic E-state index is 0.292. The Morgan fingerprint density at radius 1 is 1.20 bits per heavy atom. The molecule has 5 nitrogen and oxygen atoms in total. The summed E-state index contributed by atoms with van der Waals surface area (Å²) in [7, 11) is 0. The molecule has 25 heavy (non-hydrogen) atoms. The average Bonchev–Trinajstić information content (AvgIpc) is 3.31. The lowest BCUT2D eigenvalue weighted by Crippen LogP contribution is -2.02. The Bertz CT molecular complexity index is 907. The number of hydrogen-bond acceptors (Lipinski definition) is 6. The molecule has 1 aliphatic heterocycles. The summed E-state index contributed by atoms with van der Waals surface area (Å²) >= 11 is 1.58. The second-order valence-electron chi connectivity index (χ2n) is 5.74. The van der Waals surface area contributed by atoms with Crippen LogP contribution < -0.4 is 14.9 Å². The van der Waals surface area contributed by atoms with E-state index in [1.807, 2.05) is 60.3 Å². The molecule has 1 aromatic heterocycles. The van der Waals surface area contributed by atoms with Gasteiger partial charge in [-0.3, -0.25) is 5.43 Å². The van der Waals surface area contributed by atoms with Gasteiger partial charge in [0, 0.05) is 23.1 Å². The Hall–Kier alpha value is -2.86. The van der Waals surface area contributed by atoms with Gasteiger partial charge in [-0.05, 0) is 30.7 Å². The van der Waals surface area contributed by atoms with Crippen LogP contribution >= 0.6 is 11.3 Å². The van der Waals surface area contributed by atoms with Gasteiger partial charge in [-0.25, -0.2) is 4.98 Å². The first-order valence-corrected chi connectivity index (χ1v) is 8.89. The summed E-state index contributed by atoms with van der Waals surface area (Å²) in [6, 6.07) is 14.0. The van der Waals surface area contributed by atoms with Gasteiger partial charge in [0.05, 0.1) is 16.9 Å². The SMILES string of the molecule is CC(Cc1ccc2c(c1)OCO2)=NNc1ccccc1-c1cscn1. The van der Waals surface area contributed by atoms with Crippen molar-refractivity contribution >= 4 is 22.7 Å². The maximum absolute atomic E-state index is 5.42. The summed E-state index contributed by atoms with van der Waals surface area (Å²) in [6.07, 6.45) is 0.739. The third-order valence-corrected chi connectivity index (χ3v) is 4.49. The van der Waals surface area contributed by atoms with E-state index in [4.69, 9.17) is 9.47 Å². The Morgan fingerprint density at radius 3 is 2.96 bits per heavy atom. The second-order valence-corrected chi connectivity index (χ2v) is 6.46. The normalized spacial score (nSPS) is 13.1. The highest BCUT2D eigenvalue weighted by atomic mass is 32.1. The minimum Gasteiger partial charge on any atom is -0.454 e. The van der Waals surface area contributed by atoms with Crippen LogP contribution in [0.2, 0.25) is 0 Å². The summed E-state index contributed by atoms with van der Waals surface area (Å²) in [6.45, 7) is 2.30. The number of thiazole rings is 1. The van der Waals surface area contributed by atoms with Crippen LogP contribution in [0.4, 0.5) is 5.69 Å². The molecule has 2 aromatic carbocycles. The predicted molar refractivity (Wildman–Crippen MR) is 101 cm³/mol. The molecule has 0 saturated heterocycles. The van der Waals surface area contributed by atoms with Gasteiger partial charge in [0.1, 0.15) is 0 Å². The molecule has 0 unspecified atom stereocenters. The lowest BCUT2D eigenvalue weighted by Gasteiger charge is -2.08. The van der Waals surface area contributed by atoms with Gasteiger partial charge in [-0.1, -0.05) is 24.3 Å². The number of benzene rings is 2. The molecular weight excluding hydrogens is 334 g/mol. The standard InChI is InChI=1S/C19H17N3O2S/c1-13(8-14-6-7-18-19(9-14)24-12-23-18)21-22-16-5-3-2-4-15(16)17-10-25-11-20-17/h2-7,9-11,22H,8,12H2,1H3. The van der Waals surface area contributed by atoms with Crippen molar-refractivity contribution in [2.45, 2.75) is 13.3 Å². The second kappa shape index (κ2) is 6.94. The van der Waals surface area contributed by atoms with E-state index in [1.165, 1.54) is 0 Å². The molecule has 1 aliphatic rings. The summed E-state index contributed by atoms with van der Waals surface area (Å²) in [5, 5.41) is 6.56. The molecule has 4 rings (SSSR count). The van der Waals surface area contributed by atoms with Crippen LogP contribution in [0.3, 0.4) is 0 Å². The highest BCUT2D eigenvalue weighted by Crippen LogP contribution is 2.32. The molecule has 0 radical (unpaired) electrons. The molecular formula is C19H17N3O2S. The van der Waals surface area contributed by atoms with Crippen molar-refractivity contribution in [2.24, 2.45) is 5.10 Å². The van der Waals surface area contributed by atoms with E-state index in [0.717, 1.165) is 46.1 Å². The first kappa shape index (κ1) is 15.7. The van der Waals surface area contributed by atoms with Gasteiger partial charge in [0.15, 0.2) is 11.5 Å². The number of para-hydroxylation sites is 1. The Labute approximate surface area is 150 Å². The fraction of sp³-hybridized carbons (Fsp3) is 0.158. The van der Waals surface area contributed by atoms with Crippen molar-refractivity contribution in [1.29, 1.82) is 0 Å². The highest BCUT2D eigenvalue weighted by Gasteiger charge is 2.13.